The highest BCUT2D eigenvalue weighted by Crippen LogP contribution is 2.24. The maximum absolute atomic E-state index is 9.60. The molecule has 0 spiro atoms. The summed E-state index contributed by atoms with van der Waals surface area (Å²) >= 11 is 0. The predicted octanol–water partition coefficient (Wildman–Crippen LogP) is 0.629. The predicted molar refractivity (Wildman–Crippen MR) is 54.1 cm³/mol. The molecule has 2 atom stereocenters. The van der Waals surface area contributed by atoms with E-state index in [9.17, 15) is 5.11 Å². The van der Waals surface area contributed by atoms with Gasteiger partial charge in [0.1, 0.15) is 0 Å². The SMILES string of the molecule is Cc1nnc(CNCC2CCCC2O)o1. The normalized spacial score (nSPS) is 26.0. The summed E-state index contributed by atoms with van der Waals surface area (Å²) in [5.74, 6) is 1.58. The first-order chi connectivity index (χ1) is 7.25. The summed E-state index contributed by atoms with van der Waals surface area (Å²) < 4.78 is 5.23. The minimum absolute atomic E-state index is 0.137. The van der Waals surface area contributed by atoms with Gasteiger partial charge in [-0.2, -0.15) is 0 Å². The third-order valence-corrected chi connectivity index (χ3v) is 2.87. The molecular formula is C10H17N3O2. The Bertz CT molecular complexity index is 313. The van der Waals surface area contributed by atoms with Crippen LogP contribution in [0.15, 0.2) is 4.42 Å². The lowest BCUT2D eigenvalue weighted by Crippen LogP contribution is -2.27. The minimum Gasteiger partial charge on any atom is -0.424 e. The van der Waals surface area contributed by atoms with Gasteiger partial charge in [0.05, 0.1) is 12.6 Å². The molecule has 0 bridgehead atoms. The van der Waals surface area contributed by atoms with Gasteiger partial charge in [0.15, 0.2) is 0 Å². The fraction of sp³-hybridized carbons (Fsp3) is 0.800. The summed E-state index contributed by atoms with van der Waals surface area (Å²) in [5, 5.41) is 20.5. The molecule has 1 aliphatic carbocycles. The maximum Gasteiger partial charge on any atom is 0.230 e. The molecule has 1 heterocycles. The van der Waals surface area contributed by atoms with Crippen molar-refractivity contribution < 1.29 is 9.52 Å². The van der Waals surface area contributed by atoms with E-state index in [2.05, 4.69) is 15.5 Å². The molecule has 0 radical (unpaired) electrons. The van der Waals surface area contributed by atoms with Crippen LogP contribution in [0.4, 0.5) is 0 Å². The van der Waals surface area contributed by atoms with E-state index in [1.165, 1.54) is 0 Å². The molecule has 0 amide bonds. The third kappa shape index (κ3) is 2.76. The van der Waals surface area contributed by atoms with Gasteiger partial charge in [-0.1, -0.05) is 6.42 Å². The number of aliphatic hydroxyl groups excluding tert-OH is 1. The number of aromatic nitrogens is 2. The zero-order chi connectivity index (χ0) is 10.7. The van der Waals surface area contributed by atoms with Gasteiger partial charge in [0.25, 0.3) is 0 Å². The van der Waals surface area contributed by atoms with Gasteiger partial charge in [-0.25, -0.2) is 0 Å². The molecule has 1 saturated carbocycles. The van der Waals surface area contributed by atoms with E-state index in [0.29, 0.717) is 24.2 Å². The van der Waals surface area contributed by atoms with E-state index in [0.717, 1.165) is 25.8 Å². The van der Waals surface area contributed by atoms with Crippen LogP contribution in [0.2, 0.25) is 0 Å². The van der Waals surface area contributed by atoms with Crippen molar-refractivity contribution in [2.45, 2.75) is 38.8 Å². The largest absolute Gasteiger partial charge is 0.424 e. The van der Waals surface area contributed by atoms with Crippen LogP contribution in [0.25, 0.3) is 0 Å². The summed E-state index contributed by atoms with van der Waals surface area (Å²) in [7, 11) is 0. The molecule has 1 aromatic rings. The highest BCUT2D eigenvalue weighted by Gasteiger charge is 2.24. The van der Waals surface area contributed by atoms with Crippen LogP contribution < -0.4 is 5.32 Å². The van der Waals surface area contributed by atoms with Gasteiger partial charge in [-0.3, -0.25) is 0 Å². The molecule has 2 unspecified atom stereocenters. The molecule has 1 fully saturated rings. The van der Waals surface area contributed by atoms with Crippen LogP contribution in [0.1, 0.15) is 31.0 Å². The molecule has 15 heavy (non-hydrogen) atoms. The summed E-state index contributed by atoms with van der Waals surface area (Å²) in [6.45, 7) is 3.18. The molecule has 5 heteroatoms. The number of aryl methyl sites for hydroxylation is 1. The Morgan fingerprint density at radius 1 is 1.47 bits per heavy atom. The maximum atomic E-state index is 9.60. The lowest BCUT2D eigenvalue weighted by molar-refractivity contribution is 0.131. The Balaban J connectivity index is 1.70. The molecule has 0 aliphatic heterocycles. The van der Waals surface area contributed by atoms with Crippen molar-refractivity contribution in [3.05, 3.63) is 11.8 Å². The first-order valence-electron chi connectivity index (χ1n) is 5.43. The Hall–Kier alpha value is -0.940. The average molecular weight is 211 g/mol. The molecule has 0 aromatic carbocycles. The molecule has 1 aromatic heterocycles. The third-order valence-electron chi connectivity index (χ3n) is 2.87. The van der Waals surface area contributed by atoms with Crippen molar-refractivity contribution in [1.82, 2.24) is 15.5 Å². The van der Waals surface area contributed by atoms with Crippen molar-refractivity contribution in [2.24, 2.45) is 5.92 Å². The minimum atomic E-state index is -0.137. The molecule has 5 nitrogen and oxygen atoms in total. The van der Waals surface area contributed by atoms with E-state index in [4.69, 9.17) is 4.42 Å². The fourth-order valence-electron chi connectivity index (χ4n) is 2.03. The summed E-state index contributed by atoms with van der Waals surface area (Å²) in [6, 6.07) is 0. The number of hydrogen-bond donors (Lipinski definition) is 2. The Morgan fingerprint density at radius 2 is 2.33 bits per heavy atom. The second-order valence-electron chi connectivity index (χ2n) is 4.10. The zero-order valence-corrected chi connectivity index (χ0v) is 8.94. The van der Waals surface area contributed by atoms with Gasteiger partial charge in [-0.15, -0.1) is 10.2 Å². The average Bonchev–Trinajstić information content (AvgIpc) is 2.77. The van der Waals surface area contributed by atoms with E-state index < -0.39 is 0 Å². The van der Waals surface area contributed by atoms with Gasteiger partial charge >= 0.3 is 0 Å². The topological polar surface area (TPSA) is 71.2 Å². The molecule has 0 saturated heterocycles. The number of nitrogens with zero attached hydrogens (tertiary/aromatic N) is 2. The highest BCUT2D eigenvalue weighted by atomic mass is 16.4. The molecule has 1 aliphatic rings. The number of nitrogens with one attached hydrogen (secondary N) is 1. The Kier molecular flexibility index (Phi) is 3.33. The van der Waals surface area contributed by atoms with Crippen molar-refractivity contribution in [1.29, 1.82) is 0 Å². The smallest absolute Gasteiger partial charge is 0.230 e. The number of aliphatic hydroxyl groups is 1. The zero-order valence-electron chi connectivity index (χ0n) is 8.94. The van der Waals surface area contributed by atoms with Gasteiger partial charge < -0.3 is 14.8 Å². The molecule has 84 valence electrons. The van der Waals surface area contributed by atoms with Crippen molar-refractivity contribution in [3.8, 4) is 0 Å². The van der Waals surface area contributed by atoms with Crippen LogP contribution in [0.5, 0.6) is 0 Å². The van der Waals surface area contributed by atoms with E-state index in [1.54, 1.807) is 6.92 Å². The van der Waals surface area contributed by atoms with E-state index in [-0.39, 0.29) is 6.10 Å². The van der Waals surface area contributed by atoms with E-state index >= 15 is 0 Å². The van der Waals surface area contributed by atoms with Gasteiger partial charge in [-0.05, 0) is 18.8 Å². The quantitative estimate of drug-likeness (QED) is 0.764. The fourth-order valence-corrected chi connectivity index (χ4v) is 2.03. The summed E-state index contributed by atoms with van der Waals surface area (Å²) in [6.07, 6.45) is 3.04. The Morgan fingerprint density at radius 3 is 2.93 bits per heavy atom. The van der Waals surface area contributed by atoms with Gasteiger partial charge in [0.2, 0.25) is 11.8 Å². The number of hydrogen-bond acceptors (Lipinski definition) is 5. The van der Waals surface area contributed by atoms with Crippen LogP contribution >= 0.6 is 0 Å². The van der Waals surface area contributed by atoms with Crippen molar-refractivity contribution >= 4 is 0 Å². The Labute approximate surface area is 88.9 Å². The molecule has 2 N–H and O–H groups in total. The van der Waals surface area contributed by atoms with Crippen LogP contribution in [0.3, 0.4) is 0 Å². The second kappa shape index (κ2) is 4.72. The van der Waals surface area contributed by atoms with Crippen molar-refractivity contribution in [3.63, 3.8) is 0 Å². The lowest BCUT2D eigenvalue weighted by Gasteiger charge is -2.13. The summed E-state index contributed by atoms with van der Waals surface area (Å²) in [5.41, 5.74) is 0. The van der Waals surface area contributed by atoms with Crippen LogP contribution in [-0.4, -0.2) is 28.0 Å². The highest BCUT2D eigenvalue weighted by molar-refractivity contribution is 4.81. The summed E-state index contributed by atoms with van der Waals surface area (Å²) in [4.78, 5) is 0. The first-order valence-corrected chi connectivity index (χ1v) is 5.43. The lowest BCUT2D eigenvalue weighted by atomic mass is 10.1. The van der Waals surface area contributed by atoms with Crippen LogP contribution in [0, 0.1) is 12.8 Å². The monoisotopic (exact) mass is 211 g/mol. The van der Waals surface area contributed by atoms with Gasteiger partial charge in [0, 0.05) is 13.5 Å². The second-order valence-corrected chi connectivity index (χ2v) is 4.10. The van der Waals surface area contributed by atoms with E-state index in [1.807, 2.05) is 0 Å². The van der Waals surface area contributed by atoms with Crippen LogP contribution in [-0.2, 0) is 6.54 Å². The number of rotatable bonds is 4. The first kappa shape index (κ1) is 10.6. The van der Waals surface area contributed by atoms with Crippen molar-refractivity contribution in [2.75, 3.05) is 6.54 Å². The molecule has 2 rings (SSSR count). The molecular weight excluding hydrogens is 194 g/mol. The standard InChI is InChI=1S/C10H17N3O2/c1-7-12-13-10(15-7)6-11-5-8-3-2-4-9(8)14/h8-9,11,14H,2-6H2,1H3.